The largest absolute Gasteiger partial charge is 0.155 e. The second-order valence-corrected chi connectivity index (χ2v) is 6.26. The molecule has 0 aromatic carbocycles. The van der Waals surface area contributed by atoms with Crippen molar-refractivity contribution in [2.75, 3.05) is 0 Å². The van der Waals surface area contributed by atoms with Crippen LogP contribution in [0.25, 0.3) is 0 Å². The summed E-state index contributed by atoms with van der Waals surface area (Å²) in [4.78, 5) is 0. The average molecular weight is 221 g/mol. The van der Waals surface area contributed by atoms with Crippen LogP contribution in [0.3, 0.4) is 0 Å². The molecule has 0 aromatic rings. The Kier molecular flexibility index (Phi) is 7.28. The fourth-order valence-electron chi connectivity index (χ4n) is 2.67. The third-order valence-electron chi connectivity index (χ3n) is 3.49. The van der Waals surface area contributed by atoms with Gasteiger partial charge in [-0.25, -0.2) is 0 Å². The van der Waals surface area contributed by atoms with Gasteiger partial charge in [0.1, 0.15) is 0 Å². The van der Waals surface area contributed by atoms with Crippen molar-refractivity contribution in [2.24, 2.45) is 0 Å². The molecule has 2 aliphatic rings. The van der Waals surface area contributed by atoms with E-state index in [0.29, 0.717) is 0 Å². The van der Waals surface area contributed by atoms with Gasteiger partial charge in [-0.3, -0.25) is 0 Å². The maximum Gasteiger partial charge on any atom is 0.00498 e. The molecule has 2 heteroatoms. The number of rotatable bonds is 2. The van der Waals surface area contributed by atoms with Gasteiger partial charge >= 0.3 is 0 Å². The molecule has 0 spiro atoms. The second kappa shape index (κ2) is 7.60. The van der Waals surface area contributed by atoms with Gasteiger partial charge in [0.15, 0.2) is 0 Å². The Hall–Kier alpha value is 1.35. The SMILES string of the molecule is C1CCC(SC2CCCCC2)CC1.[Na]. The van der Waals surface area contributed by atoms with E-state index >= 15 is 0 Å². The first kappa shape index (κ1) is 13.4. The maximum absolute atomic E-state index is 2.34. The van der Waals surface area contributed by atoms with E-state index in [1.807, 2.05) is 0 Å². The van der Waals surface area contributed by atoms with Crippen LogP contribution in [0.1, 0.15) is 64.2 Å². The number of thioether (sulfide) groups is 1. The van der Waals surface area contributed by atoms with Gasteiger partial charge in [0, 0.05) is 40.1 Å². The Morgan fingerprint density at radius 3 is 1.29 bits per heavy atom. The normalized spacial score (nSPS) is 25.7. The van der Waals surface area contributed by atoms with Crippen LogP contribution >= 0.6 is 11.8 Å². The van der Waals surface area contributed by atoms with Crippen LogP contribution in [0.5, 0.6) is 0 Å². The van der Waals surface area contributed by atoms with Gasteiger partial charge < -0.3 is 0 Å². The van der Waals surface area contributed by atoms with E-state index < -0.39 is 0 Å². The number of hydrogen-bond donors (Lipinski definition) is 0. The van der Waals surface area contributed by atoms with Crippen LogP contribution in [0.15, 0.2) is 0 Å². The molecule has 1 radical (unpaired) electrons. The Balaban J connectivity index is 0.000000980. The molecule has 2 rings (SSSR count). The smallest absolute Gasteiger partial charge is 0.00498 e. The van der Waals surface area contributed by atoms with Crippen molar-refractivity contribution in [3.8, 4) is 0 Å². The van der Waals surface area contributed by atoms with Gasteiger partial charge in [-0.15, -0.1) is 0 Å². The van der Waals surface area contributed by atoms with Crippen molar-refractivity contribution < 1.29 is 0 Å². The Bertz CT molecular complexity index is 121. The summed E-state index contributed by atoms with van der Waals surface area (Å²) in [6.45, 7) is 0. The Morgan fingerprint density at radius 2 is 0.929 bits per heavy atom. The molecule has 0 bridgehead atoms. The standard InChI is InChI=1S/C12H22S.Na/c1-3-7-11(8-4-1)13-12-9-5-2-6-10-12;/h11-12H,1-10H2;. The summed E-state index contributed by atoms with van der Waals surface area (Å²) in [6.07, 6.45) is 15.1. The second-order valence-electron chi connectivity index (χ2n) is 4.66. The summed E-state index contributed by atoms with van der Waals surface area (Å²) in [7, 11) is 0. The molecule has 0 saturated heterocycles. The molecular formula is C12H22NaS. The van der Waals surface area contributed by atoms with Gasteiger partial charge in [-0.1, -0.05) is 38.5 Å². The maximum atomic E-state index is 2.34. The summed E-state index contributed by atoms with van der Waals surface area (Å²) in [5.41, 5.74) is 0. The van der Waals surface area contributed by atoms with Gasteiger partial charge in [0.05, 0.1) is 0 Å². The zero-order chi connectivity index (χ0) is 8.93. The Labute approximate surface area is 115 Å². The molecule has 14 heavy (non-hydrogen) atoms. The van der Waals surface area contributed by atoms with Gasteiger partial charge in [-0.2, -0.15) is 11.8 Å². The molecule has 0 heterocycles. The molecule has 0 nitrogen and oxygen atoms in total. The van der Waals surface area contributed by atoms with Crippen LogP contribution in [-0.2, 0) is 0 Å². The van der Waals surface area contributed by atoms with E-state index in [1.54, 1.807) is 0 Å². The van der Waals surface area contributed by atoms with E-state index in [-0.39, 0.29) is 29.6 Å². The van der Waals surface area contributed by atoms with Crippen molar-refractivity contribution in [1.82, 2.24) is 0 Å². The fourth-order valence-corrected chi connectivity index (χ4v) is 4.43. The molecular weight excluding hydrogens is 199 g/mol. The molecule has 0 unspecified atom stereocenters. The van der Waals surface area contributed by atoms with E-state index in [4.69, 9.17) is 0 Å². The predicted molar refractivity (Wildman–Crippen MR) is 67.1 cm³/mol. The summed E-state index contributed by atoms with van der Waals surface area (Å²) >= 11 is 2.34. The third-order valence-corrected chi connectivity index (χ3v) is 5.20. The quantitative estimate of drug-likeness (QED) is 0.635. The molecule has 0 aromatic heterocycles. The minimum atomic E-state index is 0. The molecule has 0 aliphatic heterocycles. The number of hydrogen-bond acceptors (Lipinski definition) is 1. The van der Waals surface area contributed by atoms with Crippen LogP contribution in [0, 0.1) is 0 Å². The zero-order valence-corrected chi connectivity index (χ0v) is 12.5. The van der Waals surface area contributed by atoms with Crippen molar-refractivity contribution in [1.29, 1.82) is 0 Å². The molecule has 2 aliphatic carbocycles. The van der Waals surface area contributed by atoms with Gasteiger partial charge in [0.2, 0.25) is 0 Å². The topological polar surface area (TPSA) is 0 Å². The molecule has 2 fully saturated rings. The van der Waals surface area contributed by atoms with Crippen molar-refractivity contribution >= 4 is 41.3 Å². The fraction of sp³-hybridized carbons (Fsp3) is 1.00. The van der Waals surface area contributed by atoms with Crippen molar-refractivity contribution in [3.05, 3.63) is 0 Å². The summed E-state index contributed by atoms with van der Waals surface area (Å²) in [6, 6.07) is 0. The van der Waals surface area contributed by atoms with E-state index in [1.165, 1.54) is 64.2 Å². The van der Waals surface area contributed by atoms with E-state index in [0.717, 1.165) is 10.5 Å². The first-order chi connectivity index (χ1) is 6.45. The molecule has 0 N–H and O–H groups in total. The van der Waals surface area contributed by atoms with Crippen molar-refractivity contribution in [2.45, 2.75) is 74.7 Å². The van der Waals surface area contributed by atoms with Gasteiger partial charge in [0.25, 0.3) is 0 Å². The summed E-state index contributed by atoms with van der Waals surface area (Å²) in [5.74, 6) is 0. The minimum Gasteiger partial charge on any atom is -0.155 e. The monoisotopic (exact) mass is 221 g/mol. The third kappa shape index (κ3) is 4.47. The first-order valence-corrected chi connectivity index (χ1v) is 7.05. The Morgan fingerprint density at radius 1 is 0.571 bits per heavy atom. The zero-order valence-electron chi connectivity index (χ0n) is 9.63. The summed E-state index contributed by atoms with van der Waals surface area (Å²) < 4.78 is 0. The van der Waals surface area contributed by atoms with E-state index in [9.17, 15) is 0 Å². The predicted octanol–water partition coefficient (Wildman–Crippen LogP) is 4.00. The average Bonchev–Trinajstić information content (AvgIpc) is 2.21. The van der Waals surface area contributed by atoms with Crippen LogP contribution in [-0.4, -0.2) is 40.1 Å². The molecule has 0 amide bonds. The minimum absolute atomic E-state index is 0. The first-order valence-electron chi connectivity index (χ1n) is 6.10. The van der Waals surface area contributed by atoms with Gasteiger partial charge in [-0.05, 0) is 25.7 Å². The van der Waals surface area contributed by atoms with Crippen molar-refractivity contribution in [3.63, 3.8) is 0 Å². The van der Waals surface area contributed by atoms with E-state index in [2.05, 4.69) is 11.8 Å². The summed E-state index contributed by atoms with van der Waals surface area (Å²) in [5, 5.41) is 2.08. The molecule has 2 saturated carbocycles. The van der Waals surface area contributed by atoms with Crippen LogP contribution < -0.4 is 0 Å². The molecule has 77 valence electrons. The van der Waals surface area contributed by atoms with Crippen LogP contribution in [0.4, 0.5) is 0 Å². The molecule has 0 atom stereocenters. The van der Waals surface area contributed by atoms with Crippen LogP contribution in [0.2, 0.25) is 0 Å².